The van der Waals surface area contributed by atoms with Crippen LogP contribution in [0.2, 0.25) is 0 Å². The van der Waals surface area contributed by atoms with E-state index in [2.05, 4.69) is 59.3 Å². The minimum atomic E-state index is 0.0539. The van der Waals surface area contributed by atoms with Crippen LogP contribution in [-0.2, 0) is 24.2 Å². The number of carbonyl (C=O) groups excluding carboxylic acids is 1. The monoisotopic (exact) mass is 495 g/mol. The van der Waals surface area contributed by atoms with Gasteiger partial charge in [0, 0.05) is 19.5 Å². The van der Waals surface area contributed by atoms with Crippen LogP contribution >= 0.6 is 0 Å². The highest BCUT2D eigenvalue weighted by molar-refractivity contribution is 5.79. The van der Waals surface area contributed by atoms with Crippen molar-refractivity contribution in [3.05, 3.63) is 90.3 Å². The predicted molar refractivity (Wildman–Crippen MR) is 155 cm³/mol. The van der Waals surface area contributed by atoms with Crippen LogP contribution < -0.4 is 5.32 Å². The molecule has 0 unspecified atom stereocenters. The third kappa shape index (κ3) is 8.04. The molecule has 0 spiro atoms. The molecule has 0 saturated carbocycles. The SMILES string of the molecule is CCCCCCCCCCn1c(CCNC(=O)Cc2ccc(-c3ccccc3)cc2)nc2ccccc21. The molecule has 4 aromatic rings. The van der Waals surface area contributed by atoms with Gasteiger partial charge in [-0.2, -0.15) is 0 Å². The third-order valence-electron chi connectivity index (χ3n) is 7.07. The van der Waals surface area contributed by atoms with Crippen molar-refractivity contribution in [2.75, 3.05) is 6.54 Å². The minimum Gasteiger partial charge on any atom is -0.355 e. The van der Waals surface area contributed by atoms with Crippen molar-refractivity contribution in [1.82, 2.24) is 14.9 Å². The van der Waals surface area contributed by atoms with Gasteiger partial charge in [0.25, 0.3) is 0 Å². The van der Waals surface area contributed by atoms with Gasteiger partial charge >= 0.3 is 0 Å². The van der Waals surface area contributed by atoms with Gasteiger partial charge in [-0.1, -0.05) is 119 Å². The zero-order chi connectivity index (χ0) is 25.7. The number of hydrogen-bond acceptors (Lipinski definition) is 2. The standard InChI is InChI=1S/C33H41N3O/c1-2-3-4-5-6-7-8-14-25-36-31-18-13-12-17-30(31)35-32(36)23-24-34-33(37)26-27-19-21-29(22-20-27)28-15-10-9-11-16-28/h9-13,15-22H,2-8,14,23-26H2,1H3,(H,34,37). The Bertz CT molecular complexity index is 1230. The van der Waals surface area contributed by atoms with Gasteiger partial charge in [0.15, 0.2) is 0 Å². The molecule has 1 aromatic heterocycles. The van der Waals surface area contributed by atoms with E-state index in [1.165, 1.54) is 68.0 Å². The first-order chi connectivity index (χ1) is 18.2. The molecule has 0 fully saturated rings. The van der Waals surface area contributed by atoms with Gasteiger partial charge in [-0.25, -0.2) is 4.98 Å². The van der Waals surface area contributed by atoms with Crippen molar-refractivity contribution in [1.29, 1.82) is 0 Å². The Kier molecular flexibility index (Phi) is 10.4. The molecule has 0 saturated heterocycles. The molecule has 37 heavy (non-hydrogen) atoms. The second-order valence-electron chi connectivity index (χ2n) is 9.98. The fraction of sp³-hybridized carbons (Fsp3) is 0.394. The molecule has 194 valence electrons. The van der Waals surface area contributed by atoms with E-state index in [1.807, 2.05) is 36.4 Å². The molecule has 0 bridgehead atoms. The summed E-state index contributed by atoms with van der Waals surface area (Å²) in [6.45, 7) is 3.86. The molecule has 1 heterocycles. The zero-order valence-corrected chi connectivity index (χ0v) is 22.3. The first-order valence-corrected chi connectivity index (χ1v) is 14.1. The second kappa shape index (κ2) is 14.4. The first-order valence-electron chi connectivity index (χ1n) is 14.1. The normalized spacial score (nSPS) is 11.2. The number of nitrogens with one attached hydrogen (secondary N) is 1. The highest BCUT2D eigenvalue weighted by atomic mass is 16.1. The number of carbonyl (C=O) groups is 1. The van der Waals surface area contributed by atoms with Crippen LogP contribution in [0.4, 0.5) is 0 Å². The molecule has 0 aliphatic heterocycles. The number of unbranched alkanes of at least 4 members (excludes halogenated alkanes) is 7. The minimum absolute atomic E-state index is 0.0539. The average Bonchev–Trinajstić information content (AvgIpc) is 3.28. The van der Waals surface area contributed by atoms with Gasteiger partial charge in [0.05, 0.1) is 17.5 Å². The van der Waals surface area contributed by atoms with E-state index in [0.29, 0.717) is 13.0 Å². The fourth-order valence-corrected chi connectivity index (χ4v) is 4.98. The Morgan fingerprint density at radius 1 is 0.757 bits per heavy atom. The van der Waals surface area contributed by atoms with E-state index in [1.54, 1.807) is 0 Å². The fourth-order valence-electron chi connectivity index (χ4n) is 4.98. The lowest BCUT2D eigenvalue weighted by Crippen LogP contribution is -2.28. The van der Waals surface area contributed by atoms with Crippen molar-refractivity contribution >= 4 is 16.9 Å². The summed E-state index contributed by atoms with van der Waals surface area (Å²) < 4.78 is 2.36. The topological polar surface area (TPSA) is 46.9 Å². The van der Waals surface area contributed by atoms with Crippen molar-refractivity contribution in [2.45, 2.75) is 77.7 Å². The summed E-state index contributed by atoms with van der Waals surface area (Å²) in [5, 5.41) is 3.11. The van der Waals surface area contributed by atoms with E-state index in [0.717, 1.165) is 29.9 Å². The van der Waals surface area contributed by atoms with E-state index in [-0.39, 0.29) is 5.91 Å². The van der Waals surface area contributed by atoms with E-state index >= 15 is 0 Å². The maximum absolute atomic E-state index is 12.6. The van der Waals surface area contributed by atoms with Gasteiger partial charge < -0.3 is 9.88 Å². The van der Waals surface area contributed by atoms with Crippen LogP contribution in [0.15, 0.2) is 78.9 Å². The Morgan fingerprint density at radius 3 is 2.16 bits per heavy atom. The van der Waals surface area contributed by atoms with Gasteiger partial charge in [0.1, 0.15) is 5.82 Å². The molecule has 4 heteroatoms. The molecule has 1 N–H and O–H groups in total. The smallest absolute Gasteiger partial charge is 0.224 e. The quantitative estimate of drug-likeness (QED) is 0.171. The lowest BCUT2D eigenvalue weighted by atomic mass is 10.0. The number of hydrogen-bond donors (Lipinski definition) is 1. The second-order valence-corrected chi connectivity index (χ2v) is 9.98. The Hall–Kier alpha value is -3.40. The van der Waals surface area contributed by atoms with Crippen molar-refractivity contribution in [2.24, 2.45) is 0 Å². The summed E-state index contributed by atoms with van der Waals surface area (Å²) in [5.74, 6) is 1.12. The maximum Gasteiger partial charge on any atom is 0.224 e. The predicted octanol–water partition coefficient (Wildman–Crippen LogP) is 7.75. The maximum atomic E-state index is 12.6. The van der Waals surface area contributed by atoms with Gasteiger partial charge in [-0.05, 0) is 35.2 Å². The van der Waals surface area contributed by atoms with Crippen molar-refractivity contribution < 1.29 is 4.79 Å². The third-order valence-corrected chi connectivity index (χ3v) is 7.07. The Morgan fingerprint density at radius 2 is 1.41 bits per heavy atom. The largest absolute Gasteiger partial charge is 0.355 e. The average molecular weight is 496 g/mol. The van der Waals surface area contributed by atoms with Crippen LogP contribution in [-0.4, -0.2) is 22.0 Å². The number of rotatable bonds is 15. The van der Waals surface area contributed by atoms with Crippen LogP contribution in [0.5, 0.6) is 0 Å². The number of aromatic nitrogens is 2. The summed E-state index contributed by atoms with van der Waals surface area (Å²) in [4.78, 5) is 17.5. The molecular weight excluding hydrogens is 454 g/mol. The number of imidazole rings is 1. The first kappa shape index (κ1) is 26.7. The van der Waals surface area contributed by atoms with Crippen LogP contribution in [0.1, 0.15) is 69.7 Å². The number of benzene rings is 3. The summed E-state index contributed by atoms with van der Waals surface area (Å²) in [6, 6.07) is 27.0. The molecular formula is C33H41N3O. The van der Waals surface area contributed by atoms with E-state index in [9.17, 15) is 4.79 Å². The van der Waals surface area contributed by atoms with Crippen LogP contribution in [0.3, 0.4) is 0 Å². The Balaban J connectivity index is 1.25. The number of para-hydroxylation sites is 2. The van der Waals surface area contributed by atoms with Crippen LogP contribution in [0, 0.1) is 0 Å². The lowest BCUT2D eigenvalue weighted by molar-refractivity contribution is -0.120. The molecule has 1 amide bonds. The molecule has 0 aliphatic rings. The summed E-state index contributed by atoms with van der Waals surface area (Å²) in [6.07, 6.45) is 11.6. The Labute approximate surface area is 222 Å². The highest BCUT2D eigenvalue weighted by Gasteiger charge is 2.11. The summed E-state index contributed by atoms with van der Waals surface area (Å²) >= 11 is 0. The van der Waals surface area contributed by atoms with Crippen molar-refractivity contribution in [3.8, 4) is 11.1 Å². The van der Waals surface area contributed by atoms with E-state index < -0.39 is 0 Å². The van der Waals surface area contributed by atoms with Crippen molar-refractivity contribution in [3.63, 3.8) is 0 Å². The van der Waals surface area contributed by atoms with Gasteiger partial charge in [-0.3, -0.25) is 4.79 Å². The van der Waals surface area contributed by atoms with Crippen LogP contribution in [0.25, 0.3) is 22.2 Å². The number of fused-ring (bicyclic) bond motifs is 1. The molecule has 0 atom stereocenters. The molecule has 0 aliphatic carbocycles. The summed E-state index contributed by atoms with van der Waals surface area (Å²) in [5.41, 5.74) is 5.62. The molecule has 4 rings (SSSR count). The zero-order valence-electron chi connectivity index (χ0n) is 22.3. The summed E-state index contributed by atoms with van der Waals surface area (Å²) in [7, 11) is 0. The molecule has 4 nitrogen and oxygen atoms in total. The molecule has 0 radical (unpaired) electrons. The van der Waals surface area contributed by atoms with Gasteiger partial charge in [-0.15, -0.1) is 0 Å². The highest BCUT2D eigenvalue weighted by Crippen LogP contribution is 2.20. The van der Waals surface area contributed by atoms with E-state index in [4.69, 9.17) is 4.98 Å². The number of amides is 1. The number of nitrogens with zero attached hydrogens (tertiary/aromatic N) is 2. The molecule has 3 aromatic carbocycles. The lowest BCUT2D eigenvalue weighted by Gasteiger charge is -2.10. The van der Waals surface area contributed by atoms with Gasteiger partial charge in [0.2, 0.25) is 5.91 Å². The number of aryl methyl sites for hydroxylation is 1.